The first kappa shape index (κ1) is 16.3. The molecule has 0 aromatic heterocycles. The third-order valence-electron chi connectivity index (χ3n) is 4.68. The summed E-state index contributed by atoms with van der Waals surface area (Å²) in [4.78, 5) is 16.3. The van der Waals surface area contributed by atoms with Gasteiger partial charge in [-0.15, -0.1) is 0 Å². The summed E-state index contributed by atoms with van der Waals surface area (Å²) in [7, 11) is 0. The maximum absolute atomic E-state index is 13.7. The van der Waals surface area contributed by atoms with Crippen molar-refractivity contribution in [3.05, 3.63) is 89.0 Å². The zero-order valence-electron chi connectivity index (χ0n) is 14.2. The summed E-state index contributed by atoms with van der Waals surface area (Å²) in [5.41, 5.74) is 3.03. The molecule has 2 aliphatic rings. The second-order valence-corrected chi connectivity index (χ2v) is 6.43. The lowest BCUT2D eigenvalue weighted by atomic mass is 9.87. The fourth-order valence-electron chi connectivity index (χ4n) is 3.35. The van der Waals surface area contributed by atoms with Crippen molar-refractivity contribution in [3.63, 3.8) is 0 Å². The molecule has 4 rings (SSSR count). The van der Waals surface area contributed by atoms with Gasteiger partial charge in [0.05, 0.1) is 5.70 Å². The Bertz CT molecular complexity index is 963. The van der Waals surface area contributed by atoms with E-state index in [1.807, 2.05) is 36.5 Å². The second-order valence-electron chi connectivity index (χ2n) is 6.43. The molecule has 130 valence electrons. The number of allylic oxidation sites excluding steroid dienone is 2. The van der Waals surface area contributed by atoms with Crippen LogP contribution in [0.4, 0.5) is 9.18 Å². The number of hydrogen-bond acceptors (Lipinski definition) is 3. The number of amides is 1. The molecule has 1 saturated heterocycles. The number of halogens is 1. The minimum atomic E-state index is -1.08. The van der Waals surface area contributed by atoms with Gasteiger partial charge in [-0.1, -0.05) is 42.5 Å². The molecule has 5 heteroatoms. The van der Waals surface area contributed by atoms with Gasteiger partial charge in [-0.2, -0.15) is 0 Å². The van der Waals surface area contributed by atoms with Gasteiger partial charge in [0.2, 0.25) is 0 Å². The first-order chi connectivity index (χ1) is 12.6. The van der Waals surface area contributed by atoms with Crippen LogP contribution < -0.4 is 5.32 Å². The third-order valence-corrected chi connectivity index (χ3v) is 4.68. The van der Waals surface area contributed by atoms with Crippen LogP contribution in [-0.2, 0) is 10.3 Å². The molecule has 1 fully saturated rings. The number of rotatable bonds is 2. The zero-order valence-corrected chi connectivity index (χ0v) is 14.2. The van der Waals surface area contributed by atoms with Crippen LogP contribution in [0.25, 0.3) is 5.57 Å². The Labute approximate surface area is 150 Å². The quantitative estimate of drug-likeness (QED) is 0.865. The normalized spacial score (nSPS) is 24.8. The third kappa shape index (κ3) is 2.81. The number of ether oxygens (including phenoxy) is 1. The molecule has 1 atom stereocenters. The lowest BCUT2D eigenvalue weighted by Crippen LogP contribution is -2.26. The van der Waals surface area contributed by atoms with Crippen LogP contribution in [0.1, 0.15) is 24.5 Å². The van der Waals surface area contributed by atoms with Crippen LogP contribution >= 0.6 is 0 Å². The summed E-state index contributed by atoms with van der Waals surface area (Å²) >= 11 is 0. The molecule has 2 aromatic carbocycles. The van der Waals surface area contributed by atoms with E-state index >= 15 is 0 Å². The van der Waals surface area contributed by atoms with Gasteiger partial charge in [0, 0.05) is 24.4 Å². The highest BCUT2D eigenvalue weighted by atomic mass is 19.1. The monoisotopic (exact) mass is 348 g/mol. The first-order valence-corrected chi connectivity index (χ1v) is 8.33. The summed E-state index contributed by atoms with van der Waals surface area (Å²) in [6.45, 7) is 1.76. The highest BCUT2D eigenvalue weighted by Gasteiger charge is 2.44. The standard InChI is InChI=1S/C21H17FN2O2/c1-21(17-8-5-9-18(22)11-17)19(24-20(25)26-21)16-10-15(12-23-13-16)14-6-3-2-4-7-14/h2-9,11-13H,10H2,1H3,(H,24,25)/b19-16+/t21-/m1/s1. The van der Waals surface area contributed by atoms with Gasteiger partial charge in [0.1, 0.15) is 5.82 Å². The highest BCUT2D eigenvalue weighted by Crippen LogP contribution is 2.40. The summed E-state index contributed by atoms with van der Waals surface area (Å²) in [5, 5.41) is 2.78. The topological polar surface area (TPSA) is 50.7 Å². The van der Waals surface area contributed by atoms with E-state index in [2.05, 4.69) is 10.3 Å². The van der Waals surface area contributed by atoms with E-state index in [0.717, 1.165) is 16.7 Å². The molecule has 0 unspecified atom stereocenters. The van der Waals surface area contributed by atoms with Crippen molar-refractivity contribution in [3.8, 4) is 0 Å². The number of nitrogens with one attached hydrogen (secondary N) is 1. The largest absolute Gasteiger partial charge is 0.432 e. The van der Waals surface area contributed by atoms with Crippen molar-refractivity contribution in [2.45, 2.75) is 18.9 Å². The van der Waals surface area contributed by atoms with E-state index < -0.39 is 11.7 Å². The van der Waals surface area contributed by atoms with Crippen molar-refractivity contribution < 1.29 is 13.9 Å². The Kier molecular flexibility index (Phi) is 3.92. The van der Waals surface area contributed by atoms with E-state index in [4.69, 9.17) is 4.74 Å². The van der Waals surface area contributed by atoms with E-state index in [1.54, 1.807) is 25.3 Å². The predicted molar refractivity (Wildman–Crippen MR) is 97.9 cm³/mol. The molecular weight excluding hydrogens is 331 g/mol. The molecular formula is C21H17FN2O2. The van der Waals surface area contributed by atoms with E-state index in [9.17, 15) is 9.18 Å². The Hall–Kier alpha value is -3.21. The molecule has 1 amide bonds. The fourth-order valence-corrected chi connectivity index (χ4v) is 3.35. The van der Waals surface area contributed by atoms with E-state index in [0.29, 0.717) is 17.7 Å². The summed E-state index contributed by atoms with van der Waals surface area (Å²) in [5.74, 6) is -0.377. The average Bonchev–Trinajstić information content (AvgIpc) is 2.98. The maximum atomic E-state index is 13.7. The Morgan fingerprint density at radius 2 is 1.96 bits per heavy atom. The van der Waals surface area contributed by atoms with Crippen LogP contribution in [0.5, 0.6) is 0 Å². The van der Waals surface area contributed by atoms with Gasteiger partial charge in [-0.05, 0) is 35.8 Å². The highest BCUT2D eigenvalue weighted by molar-refractivity contribution is 5.91. The second kappa shape index (κ2) is 6.26. The minimum Gasteiger partial charge on any atom is -0.432 e. The molecule has 4 nitrogen and oxygen atoms in total. The van der Waals surface area contributed by atoms with Crippen molar-refractivity contribution in [1.82, 2.24) is 5.32 Å². The number of aliphatic imine (C=N–C) groups is 1. The van der Waals surface area contributed by atoms with Crippen molar-refractivity contribution in [1.29, 1.82) is 0 Å². The number of nitrogens with zero attached hydrogens (tertiary/aromatic N) is 1. The van der Waals surface area contributed by atoms with Crippen molar-refractivity contribution >= 4 is 17.9 Å². The number of benzene rings is 2. The lowest BCUT2D eigenvalue weighted by molar-refractivity contribution is 0.0826. The zero-order chi connectivity index (χ0) is 18.1. The Balaban J connectivity index is 1.76. The molecule has 1 N–H and O–H groups in total. The summed E-state index contributed by atoms with van der Waals surface area (Å²) in [6.07, 6.45) is 3.57. The first-order valence-electron chi connectivity index (χ1n) is 8.33. The molecule has 0 bridgehead atoms. The van der Waals surface area contributed by atoms with Crippen LogP contribution in [0.2, 0.25) is 0 Å². The molecule has 0 radical (unpaired) electrons. The molecule has 2 aromatic rings. The van der Waals surface area contributed by atoms with Crippen molar-refractivity contribution in [2.75, 3.05) is 0 Å². The molecule has 0 saturated carbocycles. The lowest BCUT2D eigenvalue weighted by Gasteiger charge is -2.26. The van der Waals surface area contributed by atoms with Gasteiger partial charge in [0.15, 0.2) is 5.60 Å². The van der Waals surface area contributed by atoms with Crippen LogP contribution in [0.3, 0.4) is 0 Å². The summed E-state index contributed by atoms with van der Waals surface area (Å²) in [6, 6.07) is 16.0. The van der Waals surface area contributed by atoms with Gasteiger partial charge in [-0.3, -0.25) is 10.3 Å². The molecule has 2 aliphatic heterocycles. The van der Waals surface area contributed by atoms with Gasteiger partial charge in [0.25, 0.3) is 0 Å². The number of hydrogen-bond donors (Lipinski definition) is 1. The minimum absolute atomic E-state index is 0.377. The maximum Gasteiger partial charge on any atom is 0.412 e. The average molecular weight is 348 g/mol. The molecule has 0 spiro atoms. The smallest absolute Gasteiger partial charge is 0.412 e. The summed E-state index contributed by atoms with van der Waals surface area (Å²) < 4.78 is 19.3. The van der Waals surface area contributed by atoms with Crippen LogP contribution in [-0.4, -0.2) is 12.3 Å². The van der Waals surface area contributed by atoms with Gasteiger partial charge in [-0.25, -0.2) is 9.18 Å². The van der Waals surface area contributed by atoms with E-state index in [1.165, 1.54) is 12.1 Å². The predicted octanol–water partition coefficient (Wildman–Crippen LogP) is 4.55. The molecule has 26 heavy (non-hydrogen) atoms. The SMILES string of the molecule is C[C@]1(c2cccc(F)c2)OC(=O)N/C1=C1/C=NC=C(c2ccccc2)C1. The van der Waals surface area contributed by atoms with Crippen LogP contribution in [0.15, 0.2) is 77.1 Å². The Morgan fingerprint density at radius 1 is 1.15 bits per heavy atom. The number of carbonyl (C=O) groups excluding carboxylic acids is 1. The van der Waals surface area contributed by atoms with Crippen molar-refractivity contribution in [2.24, 2.45) is 4.99 Å². The van der Waals surface area contributed by atoms with E-state index in [-0.39, 0.29) is 5.82 Å². The van der Waals surface area contributed by atoms with Crippen LogP contribution in [0, 0.1) is 5.82 Å². The number of carbonyl (C=O) groups is 1. The van der Waals surface area contributed by atoms with Gasteiger partial charge < -0.3 is 4.74 Å². The molecule has 0 aliphatic carbocycles. The number of alkyl carbamates (subject to hydrolysis) is 1. The number of cyclic esters (lactones) is 1. The fraction of sp³-hybridized carbons (Fsp3) is 0.143. The van der Waals surface area contributed by atoms with Gasteiger partial charge >= 0.3 is 6.09 Å². The molecule has 2 heterocycles. The Morgan fingerprint density at radius 3 is 2.73 bits per heavy atom.